The van der Waals surface area contributed by atoms with Crippen LogP contribution >= 0.6 is 11.3 Å². The van der Waals surface area contributed by atoms with Gasteiger partial charge >= 0.3 is 6.18 Å². The van der Waals surface area contributed by atoms with Gasteiger partial charge < -0.3 is 9.32 Å². The fraction of sp³-hybridized carbons (Fsp3) is 0.176. The summed E-state index contributed by atoms with van der Waals surface area (Å²) in [5, 5.41) is 2.05. The zero-order valence-corrected chi connectivity index (χ0v) is 13.7. The Kier molecular flexibility index (Phi) is 4.89. The fourth-order valence-electron chi connectivity index (χ4n) is 2.25. The van der Waals surface area contributed by atoms with Gasteiger partial charge in [-0.3, -0.25) is 4.79 Å². The second-order valence-electron chi connectivity index (χ2n) is 5.26. The Morgan fingerprint density at radius 1 is 1.16 bits per heavy atom. The molecule has 0 saturated carbocycles. The molecule has 0 spiro atoms. The molecule has 0 saturated heterocycles. The number of thiazole rings is 1. The maximum atomic E-state index is 12.8. The standard InChI is InChI=1S/C17H13F3N2O2S/c18-17(19,20)11-22(9-13-7-4-8-24-13)16(23)14-10-25-15(21-14)12-5-2-1-3-6-12/h1-8,10H,9,11H2. The van der Waals surface area contributed by atoms with Gasteiger partial charge in [-0.1, -0.05) is 30.3 Å². The second kappa shape index (κ2) is 7.10. The Balaban J connectivity index is 1.83. The molecule has 3 aromatic rings. The van der Waals surface area contributed by atoms with Crippen molar-refractivity contribution in [2.75, 3.05) is 6.54 Å². The Hall–Kier alpha value is -2.61. The molecule has 0 radical (unpaired) electrons. The van der Waals surface area contributed by atoms with E-state index >= 15 is 0 Å². The number of hydrogen-bond donors (Lipinski definition) is 0. The monoisotopic (exact) mass is 366 g/mol. The van der Waals surface area contributed by atoms with Gasteiger partial charge in [-0.05, 0) is 12.1 Å². The predicted octanol–water partition coefficient (Wildman–Crippen LogP) is 4.61. The highest BCUT2D eigenvalue weighted by Gasteiger charge is 2.34. The molecule has 25 heavy (non-hydrogen) atoms. The van der Waals surface area contributed by atoms with E-state index in [0.717, 1.165) is 5.56 Å². The van der Waals surface area contributed by atoms with Gasteiger partial charge in [0.15, 0.2) is 0 Å². The topological polar surface area (TPSA) is 46.3 Å². The van der Waals surface area contributed by atoms with E-state index in [1.165, 1.54) is 29.0 Å². The van der Waals surface area contributed by atoms with Crippen molar-refractivity contribution < 1.29 is 22.4 Å². The average Bonchev–Trinajstić information content (AvgIpc) is 3.25. The third-order valence-corrected chi connectivity index (χ3v) is 4.22. The van der Waals surface area contributed by atoms with E-state index in [-0.39, 0.29) is 18.0 Å². The third-order valence-electron chi connectivity index (χ3n) is 3.33. The van der Waals surface area contributed by atoms with E-state index in [9.17, 15) is 18.0 Å². The van der Waals surface area contributed by atoms with Crippen LogP contribution in [0.25, 0.3) is 10.6 Å². The molecule has 130 valence electrons. The Bertz CT molecular complexity index is 829. The number of amides is 1. The van der Waals surface area contributed by atoms with Crippen LogP contribution in [-0.2, 0) is 6.54 Å². The van der Waals surface area contributed by atoms with E-state index in [0.29, 0.717) is 9.91 Å². The van der Waals surface area contributed by atoms with Crippen molar-refractivity contribution in [3.05, 3.63) is 65.6 Å². The molecule has 1 amide bonds. The summed E-state index contributed by atoms with van der Waals surface area (Å²) < 4.78 is 43.6. The summed E-state index contributed by atoms with van der Waals surface area (Å²) >= 11 is 1.21. The Labute approximate surface area is 145 Å². The molecule has 0 aliphatic carbocycles. The minimum absolute atomic E-state index is 0.0142. The summed E-state index contributed by atoms with van der Waals surface area (Å²) in [6.07, 6.45) is -3.16. The zero-order valence-electron chi connectivity index (χ0n) is 12.9. The molecular weight excluding hydrogens is 353 g/mol. The number of nitrogens with zero attached hydrogens (tertiary/aromatic N) is 2. The summed E-state index contributed by atoms with van der Waals surface area (Å²) in [6, 6.07) is 12.2. The molecule has 0 unspecified atom stereocenters. The van der Waals surface area contributed by atoms with Crippen LogP contribution in [0.2, 0.25) is 0 Å². The number of hydrogen-bond acceptors (Lipinski definition) is 4. The number of halogens is 3. The van der Waals surface area contributed by atoms with Crippen LogP contribution < -0.4 is 0 Å². The lowest BCUT2D eigenvalue weighted by molar-refractivity contribution is -0.142. The molecule has 0 fully saturated rings. The molecule has 0 aliphatic heterocycles. The number of carbonyl (C=O) groups excluding carboxylic acids is 1. The van der Waals surface area contributed by atoms with Crippen LogP contribution in [0.1, 0.15) is 16.2 Å². The van der Waals surface area contributed by atoms with Gasteiger partial charge in [0, 0.05) is 10.9 Å². The number of alkyl halides is 3. The van der Waals surface area contributed by atoms with E-state index in [1.54, 1.807) is 6.07 Å². The number of furan rings is 1. The number of carbonyl (C=O) groups is 1. The first-order chi connectivity index (χ1) is 11.9. The first-order valence-electron chi connectivity index (χ1n) is 7.32. The minimum atomic E-state index is -4.51. The minimum Gasteiger partial charge on any atom is -0.467 e. The van der Waals surface area contributed by atoms with E-state index < -0.39 is 18.6 Å². The maximum absolute atomic E-state index is 12.8. The van der Waals surface area contributed by atoms with Crippen LogP contribution in [0.4, 0.5) is 13.2 Å². The molecule has 0 aliphatic rings. The first kappa shape index (κ1) is 17.2. The summed E-state index contributed by atoms with van der Waals surface area (Å²) in [5.74, 6) is -0.511. The van der Waals surface area contributed by atoms with Crippen molar-refractivity contribution in [2.45, 2.75) is 12.7 Å². The molecule has 0 atom stereocenters. The quantitative estimate of drug-likeness (QED) is 0.663. The van der Waals surface area contributed by atoms with Crippen LogP contribution in [-0.4, -0.2) is 28.5 Å². The maximum Gasteiger partial charge on any atom is 0.406 e. The number of aromatic nitrogens is 1. The highest BCUT2D eigenvalue weighted by molar-refractivity contribution is 7.13. The van der Waals surface area contributed by atoms with Crippen molar-refractivity contribution >= 4 is 17.2 Å². The lowest BCUT2D eigenvalue weighted by atomic mass is 10.2. The molecule has 2 heterocycles. The van der Waals surface area contributed by atoms with Crippen LogP contribution in [0, 0.1) is 0 Å². The van der Waals surface area contributed by atoms with Crippen LogP contribution in [0.5, 0.6) is 0 Å². The molecular formula is C17H13F3N2O2S. The van der Waals surface area contributed by atoms with Crippen molar-refractivity contribution in [1.82, 2.24) is 9.88 Å². The highest BCUT2D eigenvalue weighted by Crippen LogP contribution is 2.25. The van der Waals surface area contributed by atoms with Crippen molar-refractivity contribution in [3.8, 4) is 10.6 Å². The third kappa shape index (κ3) is 4.48. The van der Waals surface area contributed by atoms with E-state index in [4.69, 9.17) is 4.42 Å². The zero-order chi connectivity index (χ0) is 17.9. The van der Waals surface area contributed by atoms with Crippen molar-refractivity contribution in [3.63, 3.8) is 0 Å². The van der Waals surface area contributed by atoms with Gasteiger partial charge in [0.25, 0.3) is 5.91 Å². The molecule has 8 heteroatoms. The molecule has 4 nitrogen and oxygen atoms in total. The molecule has 2 aromatic heterocycles. The second-order valence-corrected chi connectivity index (χ2v) is 6.12. The van der Waals surface area contributed by atoms with Gasteiger partial charge in [-0.2, -0.15) is 13.2 Å². The summed E-state index contributed by atoms with van der Waals surface area (Å²) in [7, 11) is 0. The number of rotatable bonds is 5. The Morgan fingerprint density at radius 3 is 2.56 bits per heavy atom. The van der Waals surface area contributed by atoms with E-state index in [2.05, 4.69) is 4.98 Å². The summed E-state index contributed by atoms with van der Waals surface area (Å²) in [5.41, 5.74) is 0.791. The lowest BCUT2D eigenvalue weighted by Crippen LogP contribution is -2.38. The smallest absolute Gasteiger partial charge is 0.406 e. The molecule has 3 rings (SSSR count). The van der Waals surface area contributed by atoms with Gasteiger partial charge in [-0.15, -0.1) is 11.3 Å². The van der Waals surface area contributed by atoms with E-state index in [1.807, 2.05) is 30.3 Å². The average molecular weight is 366 g/mol. The van der Waals surface area contributed by atoms with Gasteiger partial charge in [0.2, 0.25) is 0 Å². The predicted molar refractivity (Wildman–Crippen MR) is 87.1 cm³/mol. The largest absolute Gasteiger partial charge is 0.467 e. The SMILES string of the molecule is O=C(c1csc(-c2ccccc2)n1)N(Cc1ccco1)CC(F)(F)F. The van der Waals surface area contributed by atoms with Crippen molar-refractivity contribution in [2.24, 2.45) is 0 Å². The van der Waals surface area contributed by atoms with Gasteiger partial charge in [0.05, 0.1) is 12.8 Å². The first-order valence-corrected chi connectivity index (χ1v) is 8.20. The van der Waals surface area contributed by atoms with Gasteiger partial charge in [-0.25, -0.2) is 4.98 Å². The molecule has 1 aromatic carbocycles. The highest BCUT2D eigenvalue weighted by atomic mass is 32.1. The molecule has 0 bridgehead atoms. The normalized spacial score (nSPS) is 11.5. The van der Waals surface area contributed by atoms with Gasteiger partial charge in [0.1, 0.15) is 23.0 Å². The Morgan fingerprint density at radius 2 is 1.92 bits per heavy atom. The fourth-order valence-corrected chi connectivity index (χ4v) is 3.05. The molecule has 0 N–H and O–H groups in total. The number of benzene rings is 1. The summed E-state index contributed by atoms with van der Waals surface area (Å²) in [4.78, 5) is 17.4. The van der Waals surface area contributed by atoms with Crippen LogP contribution in [0.3, 0.4) is 0 Å². The van der Waals surface area contributed by atoms with Crippen molar-refractivity contribution in [1.29, 1.82) is 0 Å². The summed E-state index contributed by atoms with van der Waals surface area (Å²) in [6.45, 7) is -1.64. The lowest BCUT2D eigenvalue weighted by Gasteiger charge is -2.22. The van der Waals surface area contributed by atoms with Crippen LogP contribution in [0.15, 0.2) is 58.5 Å².